The highest BCUT2D eigenvalue weighted by Crippen LogP contribution is 2.31. The lowest BCUT2D eigenvalue weighted by molar-refractivity contribution is -0.137. The number of hydrogen-bond acceptors (Lipinski definition) is 2. The molecule has 0 bridgehead atoms. The molecule has 0 saturated carbocycles. The summed E-state index contributed by atoms with van der Waals surface area (Å²) in [6.07, 6.45) is -4.78. The van der Waals surface area contributed by atoms with Gasteiger partial charge in [0.05, 0.1) is 16.9 Å². The maximum absolute atomic E-state index is 13.8. The molecule has 0 unspecified atom stereocenters. The molecule has 1 N–H and O–H groups in total. The first-order chi connectivity index (χ1) is 15.6. The second kappa shape index (κ2) is 8.54. The molecule has 1 amide bonds. The topological polar surface area (TPSA) is 46.9 Å². The molecule has 0 radical (unpaired) electrons. The summed E-state index contributed by atoms with van der Waals surface area (Å²) in [4.78, 5) is 12.8. The van der Waals surface area contributed by atoms with Crippen LogP contribution < -0.4 is 5.32 Å². The van der Waals surface area contributed by atoms with Crippen molar-refractivity contribution in [3.05, 3.63) is 101 Å². The van der Waals surface area contributed by atoms with E-state index < -0.39 is 29.0 Å². The van der Waals surface area contributed by atoms with Gasteiger partial charge in [0.25, 0.3) is 5.91 Å². The third-order valence-electron chi connectivity index (χ3n) is 5.13. The van der Waals surface area contributed by atoms with E-state index in [0.29, 0.717) is 23.5 Å². The lowest BCUT2D eigenvalue weighted by Crippen LogP contribution is -2.17. The Morgan fingerprint density at radius 1 is 0.939 bits per heavy atom. The molecule has 0 saturated heterocycles. The van der Waals surface area contributed by atoms with Crippen LogP contribution in [0.15, 0.2) is 72.8 Å². The maximum atomic E-state index is 13.8. The maximum Gasteiger partial charge on any atom is 0.416 e. The van der Waals surface area contributed by atoms with Crippen molar-refractivity contribution in [1.82, 2.24) is 9.78 Å². The molecular formula is C25H19F4N3O. The smallest absolute Gasteiger partial charge is 0.306 e. The molecule has 8 heteroatoms. The van der Waals surface area contributed by atoms with Gasteiger partial charge in [0.1, 0.15) is 11.6 Å². The number of nitrogens with zero attached hydrogens (tertiary/aromatic N) is 2. The van der Waals surface area contributed by atoms with Gasteiger partial charge in [-0.25, -0.2) is 9.07 Å². The van der Waals surface area contributed by atoms with Crippen molar-refractivity contribution in [2.24, 2.45) is 0 Å². The number of aryl methyl sites for hydroxylation is 2. The zero-order valence-corrected chi connectivity index (χ0v) is 17.7. The van der Waals surface area contributed by atoms with Crippen LogP contribution in [0.3, 0.4) is 0 Å². The van der Waals surface area contributed by atoms with Gasteiger partial charge in [-0.3, -0.25) is 4.79 Å². The van der Waals surface area contributed by atoms with E-state index in [-0.39, 0.29) is 5.82 Å². The summed E-state index contributed by atoms with van der Waals surface area (Å²) in [5.74, 6) is -1.80. The molecule has 0 fully saturated rings. The summed E-state index contributed by atoms with van der Waals surface area (Å²) in [6, 6.07) is 18.3. The van der Waals surface area contributed by atoms with Crippen LogP contribution in [0.4, 0.5) is 23.4 Å². The fourth-order valence-electron chi connectivity index (χ4n) is 3.39. The molecule has 0 atom stereocenters. The molecule has 4 rings (SSSR count). The van der Waals surface area contributed by atoms with E-state index >= 15 is 0 Å². The fraction of sp³-hybridized carbons (Fsp3) is 0.120. The summed E-state index contributed by atoms with van der Waals surface area (Å²) >= 11 is 0. The van der Waals surface area contributed by atoms with Gasteiger partial charge in [-0.15, -0.1) is 0 Å². The number of carbonyl (C=O) groups is 1. The van der Waals surface area contributed by atoms with E-state index in [1.54, 1.807) is 12.1 Å². The first kappa shape index (κ1) is 22.3. The average molecular weight is 453 g/mol. The van der Waals surface area contributed by atoms with Crippen LogP contribution >= 0.6 is 0 Å². The minimum Gasteiger partial charge on any atom is -0.306 e. The summed E-state index contributed by atoms with van der Waals surface area (Å²) < 4.78 is 54.5. The van der Waals surface area contributed by atoms with E-state index in [1.807, 2.05) is 56.3 Å². The van der Waals surface area contributed by atoms with Crippen molar-refractivity contribution < 1.29 is 22.4 Å². The quantitative estimate of drug-likeness (QED) is 0.356. The lowest BCUT2D eigenvalue weighted by atomic mass is 10.1. The average Bonchev–Trinajstić information content (AvgIpc) is 3.17. The predicted molar refractivity (Wildman–Crippen MR) is 118 cm³/mol. The number of alkyl halides is 3. The third-order valence-corrected chi connectivity index (χ3v) is 5.13. The first-order valence-corrected chi connectivity index (χ1v) is 10.0. The third kappa shape index (κ3) is 4.79. The van der Waals surface area contributed by atoms with E-state index in [4.69, 9.17) is 0 Å². The number of aromatic nitrogens is 2. The molecule has 0 aliphatic rings. The van der Waals surface area contributed by atoms with Crippen molar-refractivity contribution in [1.29, 1.82) is 0 Å². The Labute approximate surface area is 187 Å². The Bertz CT molecular complexity index is 1320. The highest BCUT2D eigenvalue weighted by molar-refractivity contribution is 6.04. The Morgan fingerprint density at radius 3 is 2.30 bits per heavy atom. The van der Waals surface area contributed by atoms with E-state index in [2.05, 4.69) is 10.4 Å². The predicted octanol–water partition coefficient (Wildman–Crippen LogP) is 6.57. The summed E-state index contributed by atoms with van der Waals surface area (Å²) in [5.41, 5.74) is 2.30. The number of anilines is 1. The van der Waals surface area contributed by atoms with Crippen LogP contribution in [0.2, 0.25) is 0 Å². The molecule has 33 heavy (non-hydrogen) atoms. The molecule has 4 aromatic rings. The summed E-state index contributed by atoms with van der Waals surface area (Å²) in [7, 11) is 0. The number of benzene rings is 3. The molecule has 1 heterocycles. The molecule has 1 aromatic heterocycles. The Balaban J connectivity index is 1.77. The molecule has 168 valence electrons. The Morgan fingerprint density at radius 2 is 1.64 bits per heavy atom. The lowest BCUT2D eigenvalue weighted by Gasteiger charge is -2.12. The summed E-state index contributed by atoms with van der Waals surface area (Å²) in [5, 5.41) is 7.20. The second-order valence-corrected chi connectivity index (χ2v) is 7.66. The van der Waals surface area contributed by atoms with E-state index in [1.165, 1.54) is 4.68 Å². The first-order valence-electron chi connectivity index (χ1n) is 10.0. The molecule has 3 aromatic carbocycles. The highest BCUT2D eigenvalue weighted by atomic mass is 19.4. The van der Waals surface area contributed by atoms with Crippen LogP contribution in [0, 0.1) is 19.7 Å². The highest BCUT2D eigenvalue weighted by Gasteiger charge is 2.32. The van der Waals surface area contributed by atoms with Gasteiger partial charge >= 0.3 is 6.18 Å². The van der Waals surface area contributed by atoms with Gasteiger partial charge in [-0.1, -0.05) is 48.0 Å². The number of halogens is 4. The van der Waals surface area contributed by atoms with Crippen LogP contribution in [0.5, 0.6) is 0 Å². The van der Waals surface area contributed by atoms with Crippen LogP contribution in [0.1, 0.15) is 27.0 Å². The van der Waals surface area contributed by atoms with Gasteiger partial charge in [0, 0.05) is 17.2 Å². The van der Waals surface area contributed by atoms with Crippen LogP contribution in [-0.2, 0) is 6.18 Å². The monoisotopic (exact) mass is 453 g/mol. The molecule has 0 spiro atoms. The largest absolute Gasteiger partial charge is 0.416 e. The second-order valence-electron chi connectivity index (χ2n) is 7.66. The number of amides is 1. The van der Waals surface area contributed by atoms with E-state index in [9.17, 15) is 22.4 Å². The standard InChI is InChI=1S/C25H19F4N3O/c1-15-7-9-17(10-8-15)21-14-23(32(31-21)22-6-4-3-5-16(22)2)30-24(33)18-11-19(25(27,28)29)13-20(26)12-18/h3-14H,1-2H3,(H,30,33). The molecule has 4 nitrogen and oxygen atoms in total. The number of rotatable bonds is 4. The molecule has 0 aliphatic carbocycles. The van der Waals surface area contributed by atoms with Gasteiger partial charge < -0.3 is 5.32 Å². The van der Waals surface area contributed by atoms with Crippen molar-refractivity contribution in [3.8, 4) is 16.9 Å². The number of para-hydroxylation sites is 1. The van der Waals surface area contributed by atoms with Crippen LogP contribution in [-0.4, -0.2) is 15.7 Å². The van der Waals surface area contributed by atoms with Crippen molar-refractivity contribution >= 4 is 11.7 Å². The minimum atomic E-state index is -4.78. The van der Waals surface area contributed by atoms with Gasteiger partial charge in [-0.2, -0.15) is 18.3 Å². The van der Waals surface area contributed by atoms with Crippen molar-refractivity contribution in [2.75, 3.05) is 5.32 Å². The normalized spacial score (nSPS) is 11.5. The zero-order chi connectivity index (χ0) is 23.8. The zero-order valence-electron chi connectivity index (χ0n) is 17.7. The van der Waals surface area contributed by atoms with Gasteiger partial charge in [-0.05, 0) is 43.7 Å². The SMILES string of the molecule is Cc1ccc(-c2cc(NC(=O)c3cc(F)cc(C(F)(F)F)c3)n(-c3ccccc3C)n2)cc1. The van der Waals surface area contributed by atoms with Crippen LogP contribution in [0.25, 0.3) is 16.9 Å². The Hall–Kier alpha value is -3.94. The number of hydrogen-bond donors (Lipinski definition) is 1. The minimum absolute atomic E-state index is 0.239. The van der Waals surface area contributed by atoms with Crippen molar-refractivity contribution in [3.63, 3.8) is 0 Å². The number of carbonyl (C=O) groups excluding carboxylic acids is 1. The van der Waals surface area contributed by atoms with Crippen molar-refractivity contribution in [2.45, 2.75) is 20.0 Å². The summed E-state index contributed by atoms with van der Waals surface area (Å²) in [6.45, 7) is 3.83. The number of nitrogens with one attached hydrogen (secondary N) is 1. The molecular weight excluding hydrogens is 434 g/mol. The Kier molecular flexibility index (Phi) is 5.76. The van der Waals surface area contributed by atoms with E-state index in [0.717, 1.165) is 22.8 Å². The molecule has 0 aliphatic heterocycles. The van der Waals surface area contributed by atoms with Gasteiger partial charge in [0.15, 0.2) is 0 Å². The fourth-order valence-corrected chi connectivity index (χ4v) is 3.39. The van der Waals surface area contributed by atoms with Gasteiger partial charge in [0.2, 0.25) is 0 Å².